The van der Waals surface area contributed by atoms with Crippen molar-refractivity contribution < 1.29 is 4.79 Å². The summed E-state index contributed by atoms with van der Waals surface area (Å²) in [7, 11) is 0. The van der Waals surface area contributed by atoms with Crippen LogP contribution in [0.5, 0.6) is 0 Å². The normalized spacial score (nSPS) is 20.9. The van der Waals surface area contributed by atoms with E-state index in [0.717, 1.165) is 31.4 Å². The number of nitrogens with one attached hydrogen (secondary N) is 1. The highest BCUT2D eigenvalue weighted by Crippen LogP contribution is 2.31. The molecule has 1 aromatic rings. The van der Waals surface area contributed by atoms with Gasteiger partial charge in [-0.15, -0.1) is 0 Å². The van der Waals surface area contributed by atoms with Crippen LogP contribution in [-0.2, 0) is 11.2 Å². The van der Waals surface area contributed by atoms with E-state index in [1.165, 1.54) is 11.1 Å². The van der Waals surface area contributed by atoms with E-state index in [0.29, 0.717) is 0 Å². The monoisotopic (exact) mass is 275 g/mol. The third kappa shape index (κ3) is 3.12. The maximum atomic E-state index is 12.2. The average Bonchev–Trinajstić information content (AvgIpc) is 2.45. The molecule has 110 valence electrons. The molecule has 0 aliphatic heterocycles. The molecule has 0 saturated carbocycles. The van der Waals surface area contributed by atoms with Crippen molar-refractivity contribution >= 4 is 11.6 Å². The predicted octanol–water partition coefficient (Wildman–Crippen LogP) is 2.14. The minimum atomic E-state index is -0.431. The summed E-state index contributed by atoms with van der Waals surface area (Å²) in [5, 5.41) is 3.10. The molecule has 1 aromatic carbocycles. The van der Waals surface area contributed by atoms with E-state index < -0.39 is 6.04 Å². The summed E-state index contributed by atoms with van der Waals surface area (Å²) in [4.78, 5) is 12.2. The number of fused-ring (bicyclic) bond motifs is 1. The van der Waals surface area contributed by atoms with Crippen molar-refractivity contribution in [3.05, 3.63) is 29.3 Å². The van der Waals surface area contributed by atoms with Crippen molar-refractivity contribution in [2.75, 3.05) is 5.73 Å². The number of carbonyl (C=O) groups is 1. The molecule has 0 radical (unpaired) electrons. The van der Waals surface area contributed by atoms with Gasteiger partial charge in [0.1, 0.15) is 0 Å². The lowest BCUT2D eigenvalue weighted by atomic mass is 9.87. The van der Waals surface area contributed by atoms with E-state index in [2.05, 4.69) is 12.2 Å². The molecule has 0 spiro atoms. The molecule has 20 heavy (non-hydrogen) atoms. The first-order valence-electron chi connectivity index (χ1n) is 7.47. The van der Waals surface area contributed by atoms with Gasteiger partial charge < -0.3 is 16.8 Å². The van der Waals surface area contributed by atoms with Crippen LogP contribution >= 0.6 is 0 Å². The number of rotatable bonds is 4. The van der Waals surface area contributed by atoms with Gasteiger partial charge in [-0.1, -0.05) is 26.3 Å². The summed E-state index contributed by atoms with van der Waals surface area (Å²) in [6, 6.07) is 5.59. The molecular weight excluding hydrogens is 250 g/mol. The van der Waals surface area contributed by atoms with Gasteiger partial charge in [0, 0.05) is 5.69 Å². The van der Waals surface area contributed by atoms with Gasteiger partial charge in [-0.25, -0.2) is 0 Å². The highest BCUT2D eigenvalue weighted by Gasteiger charge is 2.26. The number of benzene rings is 1. The zero-order chi connectivity index (χ0) is 14.7. The molecule has 4 nitrogen and oxygen atoms in total. The molecule has 1 aliphatic rings. The lowest BCUT2D eigenvalue weighted by Gasteiger charge is -2.28. The largest absolute Gasteiger partial charge is 0.399 e. The van der Waals surface area contributed by atoms with Crippen LogP contribution < -0.4 is 16.8 Å². The summed E-state index contributed by atoms with van der Waals surface area (Å²) in [6.45, 7) is 4.07. The fourth-order valence-corrected chi connectivity index (χ4v) is 2.76. The zero-order valence-electron chi connectivity index (χ0n) is 12.4. The molecule has 0 aromatic heterocycles. The molecule has 0 fully saturated rings. The van der Waals surface area contributed by atoms with Gasteiger partial charge in [-0.05, 0) is 48.4 Å². The maximum Gasteiger partial charge on any atom is 0.237 e. The maximum absolute atomic E-state index is 12.2. The van der Waals surface area contributed by atoms with Crippen LogP contribution in [0, 0.1) is 5.92 Å². The first-order chi connectivity index (χ1) is 9.52. The van der Waals surface area contributed by atoms with E-state index in [1.807, 2.05) is 25.1 Å². The summed E-state index contributed by atoms with van der Waals surface area (Å²) in [5.41, 5.74) is 15.1. The molecular formula is C16H25N3O. The predicted molar refractivity (Wildman–Crippen MR) is 82.1 cm³/mol. The minimum absolute atomic E-state index is 0.0472. The summed E-state index contributed by atoms with van der Waals surface area (Å²) < 4.78 is 0. The van der Waals surface area contributed by atoms with Crippen molar-refractivity contribution in [2.24, 2.45) is 11.7 Å². The Balaban J connectivity index is 2.10. The van der Waals surface area contributed by atoms with E-state index in [-0.39, 0.29) is 17.9 Å². The Hall–Kier alpha value is -1.55. The van der Waals surface area contributed by atoms with Gasteiger partial charge in [0.15, 0.2) is 0 Å². The fraction of sp³-hybridized carbons (Fsp3) is 0.562. The summed E-state index contributed by atoms with van der Waals surface area (Å²) >= 11 is 0. The highest BCUT2D eigenvalue weighted by molar-refractivity contribution is 5.82. The molecule has 3 unspecified atom stereocenters. The van der Waals surface area contributed by atoms with Crippen LogP contribution in [0.1, 0.15) is 50.3 Å². The van der Waals surface area contributed by atoms with Gasteiger partial charge in [0.05, 0.1) is 12.1 Å². The second-order valence-electron chi connectivity index (χ2n) is 5.82. The molecule has 0 saturated heterocycles. The van der Waals surface area contributed by atoms with Crippen LogP contribution in [0.25, 0.3) is 0 Å². The number of carbonyl (C=O) groups excluding carboxylic acids is 1. The van der Waals surface area contributed by atoms with Crippen LogP contribution in [0.4, 0.5) is 5.69 Å². The Morgan fingerprint density at radius 1 is 1.50 bits per heavy atom. The molecule has 0 bridgehead atoms. The Kier molecular flexibility index (Phi) is 4.65. The Labute approximate surface area is 120 Å². The topological polar surface area (TPSA) is 81.1 Å². The summed E-state index contributed by atoms with van der Waals surface area (Å²) in [6.07, 6.45) is 3.98. The molecule has 3 atom stereocenters. The molecule has 1 aliphatic carbocycles. The SMILES string of the molecule is CCC(C)C(N)C(=O)NC1CCCc2cc(N)ccc21. The Bertz CT molecular complexity index is 487. The Morgan fingerprint density at radius 3 is 2.95 bits per heavy atom. The molecule has 0 heterocycles. The molecule has 4 heteroatoms. The lowest BCUT2D eigenvalue weighted by Crippen LogP contribution is -2.46. The van der Waals surface area contributed by atoms with Crippen LogP contribution in [-0.4, -0.2) is 11.9 Å². The van der Waals surface area contributed by atoms with Crippen LogP contribution in [0.2, 0.25) is 0 Å². The van der Waals surface area contributed by atoms with E-state index in [1.54, 1.807) is 0 Å². The van der Waals surface area contributed by atoms with Gasteiger partial charge in [0.25, 0.3) is 0 Å². The van der Waals surface area contributed by atoms with Gasteiger partial charge >= 0.3 is 0 Å². The lowest BCUT2D eigenvalue weighted by molar-refractivity contribution is -0.124. The fourth-order valence-electron chi connectivity index (χ4n) is 2.76. The number of amides is 1. The van der Waals surface area contributed by atoms with Crippen molar-refractivity contribution in [1.82, 2.24) is 5.32 Å². The average molecular weight is 275 g/mol. The first kappa shape index (κ1) is 14.9. The van der Waals surface area contributed by atoms with Gasteiger partial charge in [-0.2, -0.15) is 0 Å². The van der Waals surface area contributed by atoms with Crippen molar-refractivity contribution in [3.8, 4) is 0 Å². The van der Waals surface area contributed by atoms with E-state index in [9.17, 15) is 4.79 Å². The second kappa shape index (κ2) is 6.27. The van der Waals surface area contributed by atoms with Crippen LogP contribution in [0.3, 0.4) is 0 Å². The molecule has 2 rings (SSSR count). The number of anilines is 1. The summed E-state index contributed by atoms with van der Waals surface area (Å²) in [5.74, 6) is 0.151. The second-order valence-corrected chi connectivity index (χ2v) is 5.82. The van der Waals surface area contributed by atoms with E-state index in [4.69, 9.17) is 11.5 Å². The third-order valence-electron chi connectivity index (χ3n) is 4.36. The quantitative estimate of drug-likeness (QED) is 0.736. The van der Waals surface area contributed by atoms with Crippen molar-refractivity contribution in [1.29, 1.82) is 0 Å². The molecule has 1 amide bonds. The Morgan fingerprint density at radius 2 is 2.25 bits per heavy atom. The van der Waals surface area contributed by atoms with Crippen molar-refractivity contribution in [3.63, 3.8) is 0 Å². The van der Waals surface area contributed by atoms with E-state index >= 15 is 0 Å². The number of hydrogen-bond donors (Lipinski definition) is 3. The number of aryl methyl sites for hydroxylation is 1. The number of nitrogens with two attached hydrogens (primary N) is 2. The molecule has 5 N–H and O–H groups in total. The van der Waals surface area contributed by atoms with Crippen molar-refractivity contribution in [2.45, 2.75) is 51.6 Å². The van der Waals surface area contributed by atoms with Gasteiger partial charge in [-0.3, -0.25) is 4.79 Å². The number of hydrogen-bond acceptors (Lipinski definition) is 3. The highest BCUT2D eigenvalue weighted by atomic mass is 16.2. The zero-order valence-corrected chi connectivity index (χ0v) is 12.4. The third-order valence-corrected chi connectivity index (χ3v) is 4.36. The minimum Gasteiger partial charge on any atom is -0.399 e. The first-order valence-corrected chi connectivity index (χ1v) is 7.47. The van der Waals surface area contributed by atoms with Crippen LogP contribution in [0.15, 0.2) is 18.2 Å². The standard InChI is InChI=1S/C16H25N3O/c1-3-10(2)15(18)16(20)19-14-6-4-5-11-9-12(17)7-8-13(11)14/h7-10,14-15H,3-6,17-18H2,1-2H3,(H,19,20). The smallest absolute Gasteiger partial charge is 0.237 e. The van der Waals surface area contributed by atoms with Gasteiger partial charge in [0.2, 0.25) is 5.91 Å². The number of nitrogen functional groups attached to an aromatic ring is 1.